The van der Waals surface area contributed by atoms with E-state index in [0.717, 1.165) is 70.6 Å². The molecule has 2 atom stereocenters. The molecule has 1 amide bonds. The number of carbonyl (C=O) groups is 2. The predicted octanol–water partition coefficient (Wildman–Crippen LogP) is 19.0. The highest BCUT2D eigenvalue weighted by atomic mass is 16.5. The standard InChI is InChI=1S/C62H119NO5/c1-3-5-7-9-11-13-15-17-19-21-23-24-25-26-28-29-31-33-35-38-42-46-50-54-60(65)59(58-64)63-61(66)55-51-47-43-39-37-41-45-49-53-57-68-62(67)56-52-48-44-40-36-34-32-30-27-22-20-18-16-14-12-10-8-6-4-2/h18,20,39,43,59-60,64-65H,3-17,19,21-38,40-42,44-58H2,1-2H3,(H,63,66)/b20-18-,43-39-. The largest absolute Gasteiger partial charge is 0.466 e. The summed E-state index contributed by atoms with van der Waals surface area (Å²) in [5, 5.41) is 23.3. The molecular formula is C62H119NO5. The normalized spacial score (nSPS) is 12.7. The average molecular weight is 959 g/mol. The van der Waals surface area contributed by atoms with E-state index in [9.17, 15) is 19.8 Å². The molecule has 0 fully saturated rings. The van der Waals surface area contributed by atoms with Crippen molar-refractivity contribution in [2.45, 2.75) is 347 Å². The fourth-order valence-electron chi connectivity index (χ4n) is 9.52. The van der Waals surface area contributed by atoms with Crippen LogP contribution in [-0.2, 0) is 14.3 Å². The maximum atomic E-state index is 12.5. The molecule has 0 spiro atoms. The first-order chi connectivity index (χ1) is 33.5. The van der Waals surface area contributed by atoms with E-state index >= 15 is 0 Å². The molecule has 0 aromatic rings. The molecule has 402 valence electrons. The zero-order valence-corrected chi connectivity index (χ0v) is 45.9. The van der Waals surface area contributed by atoms with Gasteiger partial charge in [-0.15, -0.1) is 0 Å². The van der Waals surface area contributed by atoms with Crippen LogP contribution in [0.4, 0.5) is 0 Å². The van der Waals surface area contributed by atoms with Crippen molar-refractivity contribution in [3.05, 3.63) is 24.3 Å². The van der Waals surface area contributed by atoms with Gasteiger partial charge in [-0.3, -0.25) is 9.59 Å². The van der Waals surface area contributed by atoms with E-state index in [1.807, 2.05) is 0 Å². The molecule has 0 aliphatic heterocycles. The van der Waals surface area contributed by atoms with Gasteiger partial charge in [0.15, 0.2) is 0 Å². The first kappa shape index (κ1) is 66.3. The van der Waals surface area contributed by atoms with Crippen LogP contribution in [0, 0.1) is 0 Å². The molecule has 0 rings (SSSR count). The van der Waals surface area contributed by atoms with Gasteiger partial charge in [0.25, 0.3) is 0 Å². The maximum absolute atomic E-state index is 12.5. The number of rotatable bonds is 57. The van der Waals surface area contributed by atoms with Crippen LogP contribution in [0.3, 0.4) is 0 Å². The topological polar surface area (TPSA) is 95.9 Å². The number of carbonyl (C=O) groups excluding carboxylic acids is 2. The summed E-state index contributed by atoms with van der Waals surface area (Å²) in [7, 11) is 0. The first-order valence-electron chi connectivity index (χ1n) is 30.6. The maximum Gasteiger partial charge on any atom is 0.305 e. The Morgan fingerprint density at radius 1 is 0.397 bits per heavy atom. The summed E-state index contributed by atoms with van der Waals surface area (Å²) in [6.45, 7) is 4.88. The summed E-state index contributed by atoms with van der Waals surface area (Å²) in [5.74, 6) is -0.127. The van der Waals surface area contributed by atoms with Crippen LogP contribution in [0.1, 0.15) is 335 Å². The number of allylic oxidation sites excluding steroid dienone is 4. The second kappa shape index (κ2) is 57.9. The molecule has 0 aromatic carbocycles. The Morgan fingerprint density at radius 2 is 0.706 bits per heavy atom. The Labute approximate surface area is 424 Å². The molecule has 0 heterocycles. The number of aliphatic hydroxyl groups is 2. The van der Waals surface area contributed by atoms with Crippen LogP contribution in [0.2, 0.25) is 0 Å². The third-order valence-corrected chi connectivity index (χ3v) is 14.2. The minimum absolute atomic E-state index is 0.0350. The van der Waals surface area contributed by atoms with Crippen molar-refractivity contribution in [1.29, 1.82) is 0 Å². The van der Waals surface area contributed by atoms with E-state index in [1.165, 1.54) is 231 Å². The number of ether oxygens (including phenoxy) is 1. The van der Waals surface area contributed by atoms with Crippen LogP contribution in [0.5, 0.6) is 0 Å². The number of hydrogen-bond donors (Lipinski definition) is 3. The van der Waals surface area contributed by atoms with Crippen molar-refractivity contribution in [2.24, 2.45) is 0 Å². The number of aliphatic hydroxyl groups excluding tert-OH is 2. The van der Waals surface area contributed by atoms with Crippen LogP contribution in [0.25, 0.3) is 0 Å². The van der Waals surface area contributed by atoms with Gasteiger partial charge >= 0.3 is 5.97 Å². The quantitative estimate of drug-likeness (QED) is 0.0321. The summed E-state index contributed by atoms with van der Waals surface area (Å²) >= 11 is 0. The number of amides is 1. The smallest absolute Gasteiger partial charge is 0.305 e. The van der Waals surface area contributed by atoms with Crippen LogP contribution >= 0.6 is 0 Å². The summed E-state index contributed by atoms with van der Waals surface area (Å²) in [4.78, 5) is 24.6. The summed E-state index contributed by atoms with van der Waals surface area (Å²) in [6, 6.07) is -0.580. The highest BCUT2D eigenvalue weighted by Crippen LogP contribution is 2.18. The Bertz CT molecular complexity index is 1060. The number of hydrogen-bond acceptors (Lipinski definition) is 5. The van der Waals surface area contributed by atoms with Crippen LogP contribution < -0.4 is 5.32 Å². The molecule has 0 aliphatic rings. The average Bonchev–Trinajstić information content (AvgIpc) is 3.34. The van der Waals surface area contributed by atoms with Gasteiger partial charge in [-0.2, -0.15) is 0 Å². The summed E-state index contributed by atoms with van der Waals surface area (Å²) in [6.07, 6.45) is 70.5. The molecule has 0 aliphatic carbocycles. The van der Waals surface area contributed by atoms with Gasteiger partial charge in [-0.05, 0) is 70.6 Å². The number of unbranched alkanes of at least 4 members (excludes halogenated alkanes) is 42. The van der Waals surface area contributed by atoms with Crippen molar-refractivity contribution in [3.63, 3.8) is 0 Å². The minimum Gasteiger partial charge on any atom is -0.466 e. The van der Waals surface area contributed by atoms with Gasteiger partial charge in [0.2, 0.25) is 5.91 Å². The molecule has 0 aromatic heterocycles. The predicted molar refractivity (Wildman–Crippen MR) is 296 cm³/mol. The van der Waals surface area contributed by atoms with E-state index in [-0.39, 0.29) is 18.5 Å². The molecule has 2 unspecified atom stereocenters. The highest BCUT2D eigenvalue weighted by molar-refractivity contribution is 5.76. The fraction of sp³-hybridized carbons (Fsp3) is 0.903. The van der Waals surface area contributed by atoms with Crippen LogP contribution in [-0.4, -0.2) is 47.4 Å². The lowest BCUT2D eigenvalue weighted by Crippen LogP contribution is -2.45. The van der Waals surface area contributed by atoms with E-state index in [1.54, 1.807) is 0 Å². The van der Waals surface area contributed by atoms with E-state index < -0.39 is 12.1 Å². The fourth-order valence-corrected chi connectivity index (χ4v) is 9.52. The zero-order chi connectivity index (χ0) is 49.3. The number of esters is 1. The lowest BCUT2D eigenvalue weighted by molar-refractivity contribution is -0.143. The van der Waals surface area contributed by atoms with E-state index in [0.29, 0.717) is 25.9 Å². The zero-order valence-electron chi connectivity index (χ0n) is 45.9. The minimum atomic E-state index is -0.697. The highest BCUT2D eigenvalue weighted by Gasteiger charge is 2.20. The van der Waals surface area contributed by atoms with Gasteiger partial charge in [-0.1, -0.05) is 276 Å². The number of nitrogens with one attached hydrogen (secondary N) is 1. The molecule has 0 saturated carbocycles. The van der Waals surface area contributed by atoms with Gasteiger partial charge in [0.1, 0.15) is 0 Å². The first-order valence-corrected chi connectivity index (χ1v) is 30.6. The van der Waals surface area contributed by atoms with Crippen molar-refractivity contribution in [2.75, 3.05) is 13.2 Å². The summed E-state index contributed by atoms with van der Waals surface area (Å²) < 4.78 is 5.46. The Kier molecular flexibility index (Phi) is 56.5. The van der Waals surface area contributed by atoms with Crippen molar-refractivity contribution >= 4 is 11.9 Å². The molecule has 3 N–H and O–H groups in total. The van der Waals surface area contributed by atoms with E-state index in [2.05, 4.69) is 43.5 Å². The monoisotopic (exact) mass is 958 g/mol. The molecule has 0 radical (unpaired) electrons. The van der Waals surface area contributed by atoms with Crippen molar-refractivity contribution in [3.8, 4) is 0 Å². The summed E-state index contributed by atoms with van der Waals surface area (Å²) in [5.41, 5.74) is 0. The Balaban J connectivity index is 3.49. The Morgan fingerprint density at radius 3 is 1.07 bits per heavy atom. The second-order valence-electron chi connectivity index (χ2n) is 21.0. The third kappa shape index (κ3) is 53.7. The molecule has 0 bridgehead atoms. The molecule has 6 nitrogen and oxygen atoms in total. The van der Waals surface area contributed by atoms with Crippen molar-refractivity contribution < 1.29 is 24.5 Å². The van der Waals surface area contributed by atoms with Crippen molar-refractivity contribution in [1.82, 2.24) is 5.32 Å². The molecular weight excluding hydrogens is 839 g/mol. The molecule has 68 heavy (non-hydrogen) atoms. The third-order valence-electron chi connectivity index (χ3n) is 14.2. The second-order valence-corrected chi connectivity index (χ2v) is 21.0. The Hall–Kier alpha value is -1.66. The molecule has 6 heteroatoms. The lowest BCUT2D eigenvalue weighted by Gasteiger charge is -2.22. The van der Waals surface area contributed by atoms with Gasteiger partial charge < -0.3 is 20.3 Å². The van der Waals surface area contributed by atoms with Gasteiger partial charge in [0.05, 0.1) is 25.4 Å². The van der Waals surface area contributed by atoms with E-state index in [4.69, 9.17) is 4.74 Å². The van der Waals surface area contributed by atoms with Gasteiger partial charge in [-0.25, -0.2) is 0 Å². The SMILES string of the molecule is CCCCCCCC/C=C\CCCCCCCCCCCC(=O)OCCCCCC/C=C\CCCC(=O)NC(CO)C(O)CCCCCCCCCCCCCCCCCCCCCCCCC. The molecule has 0 saturated heterocycles. The van der Waals surface area contributed by atoms with Gasteiger partial charge in [0, 0.05) is 12.8 Å². The van der Waals surface area contributed by atoms with Crippen LogP contribution in [0.15, 0.2) is 24.3 Å². The lowest BCUT2D eigenvalue weighted by atomic mass is 10.0.